The molecule has 0 fully saturated rings. The lowest BCUT2D eigenvalue weighted by atomic mass is 10.2. The summed E-state index contributed by atoms with van der Waals surface area (Å²) in [5.41, 5.74) is 1.32. The van der Waals surface area contributed by atoms with Crippen molar-refractivity contribution in [1.29, 1.82) is 0 Å². The zero-order chi connectivity index (χ0) is 9.52. The van der Waals surface area contributed by atoms with Gasteiger partial charge in [-0.15, -0.1) is 0 Å². The van der Waals surface area contributed by atoms with Crippen LogP contribution in [0.25, 0.3) is 0 Å². The average Bonchev–Trinajstić information content (AvgIpc) is 2.17. The van der Waals surface area contributed by atoms with Gasteiger partial charge in [-0.05, 0) is 5.56 Å². The standard InChI is InChI=1S/C11H14OS/c1-10(7-8-12)13-9-11-5-3-2-4-6-11/h2-6,8,10H,7,9H2,1H3. The summed E-state index contributed by atoms with van der Waals surface area (Å²) < 4.78 is 0. The number of hydrogen-bond acceptors (Lipinski definition) is 2. The van der Waals surface area contributed by atoms with Crippen molar-refractivity contribution in [3.8, 4) is 0 Å². The van der Waals surface area contributed by atoms with E-state index in [4.69, 9.17) is 0 Å². The molecule has 70 valence electrons. The van der Waals surface area contributed by atoms with Crippen LogP contribution in [0.2, 0.25) is 0 Å². The number of carbonyl (C=O) groups excluding carboxylic acids is 1. The Bertz CT molecular complexity index is 246. The first-order valence-electron chi connectivity index (χ1n) is 4.42. The van der Waals surface area contributed by atoms with E-state index in [1.807, 2.05) is 30.0 Å². The van der Waals surface area contributed by atoms with Crippen LogP contribution in [0.5, 0.6) is 0 Å². The fourth-order valence-corrected chi connectivity index (χ4v) is 1.90. The van der Waals surface area contributed by atoms with Gasteiger partial charge in [0.1, 0.15) is 6.29 Å². The normalized spacial score (nSPS) is 12.4. The van der Waals surface area contributed by atoms with Gasteiger partial charge in [0.25, 0.3) is 0 Å². The summed E-state index contributed by atoms with van der Waals surface area (Å²) in [6, 6.07) is 10.3. The molecule has 1 nitrogen and oxygen atoms in total. The lowest BCUT2D eigenvalue weighted by Crippen LogP contribution is -1.96. The SMILES string of the molecule is CC(CC=O)SCc1ccccc1. The van der Waals surface area contributed by atoms with E-state index in [0.29, 0.717) is 11.7 Å². The molecule has 0 aliphatic heterocycles. The Morgan fingerprint density at radius 2 is 2.08 bits per heavy atom. The molecule has 0 bridgehead atoms. The van der Waals surface area contributed by atoms with E-state index in [2.05, 4.69) is 19.1 Å². The van der Waals surface area contributed by atoms with Crippen molar-refractivity contribution in [3.63, 3.8) is 0 Å². The van der Waals surface area contributed by atoms with Gasteiger partial charge in [-0.1, -0.05) is 37.3 Å². The first-order chi connectivity index (χ1) is 6.33. The van der Waals surface area contributed by atoms with E-state index >= 15 is 0 Å². The number of rotatable bonds is 5. The second-order valence-electron chi connectivity index (χ2n) is 3.01. The first-order valence-corrected chi connectivity index (χ1v) is 5.47. The monoisotopic (exact) mass is 194 g/mol. The molecule has 0 saturated heterocycles. The molecule has 0 spiro atoms. The Hall–Kier alpha value is -0.760. The summed E-state index contributed by atoms with van der Waals surface area (Å²) in [5.74, 6) is 0.996. The first kappa shape index (κ1) is 10.3. The van der Waals surface area contributed by atoms with Gasteiger partial charge in [0.05, 0.1) is 0 Å². The van der Waals surface area contributed by atoms with Gasteiger partial charge in [0, 0.05) is 17.4 Å². The zero-order valence-electron chi connectivity index (χ0n) is 7.77. The lowest BCUT2D eigenvalue weighted by Gasteiger charge is -2.06. The number of hydrogen-bond donors (Lipinski definition) is 0. The Labute approximate surface area is 83.5 Å². The van der Waals surface area contributed by atoms with E-state index in [0.717, 1.165) is 12.0 Å². The Balaban J connectivity index is 2.30. The third-order valence-corrected chi connectivity index (χ3v) is 3.07. The molecule has 0 aromatic heterocycles. The van der Waals surface area contributed by atoms with E-state index in [-0.39, 0.29) is 0 Å². The highest BCUT2D eigenvalue weighted by Gasteiger charge is 2.01. The van der Waals surface area contributed by atoms with Crippen molar-refractivity contribution in [3.05, 3.63) is 35.9 Å². The van der Waals surface area contributed by atoms with Crippen LogP contribution < -0.4 is 0 Å². The van der Waals surface area contributed by atoms with Crippen molar-refractivity contribution >= 4 is 18.0 Å². The number of benzene rings is 1. The summed E-state index contributed by atoms with van der Waals surface area (Å²) in [5, 5.41) is 0.428. The van der Waals surface area contributed by atoms with Crippen LogP contribution in [0.1, 0.15) is 18.9 Å². The Morgan fingerprint density at radius 3 is 2.69 bits per heavy atom. The third-order valence-electron chi connectivity index (χ3n) is 1.81. The van der Waals surface area contributed by atoms with Gasteiger partial charge in [-0.2, -0.15) is 11.8 Å². The molecule has 0 N–H and O–H groups in total. The number of carbonyl (C=O) groups is 1. The molecule has 1 aromatic carbocycles. The molecule has 0 heterocycles. The van der Waals surface area contributed by atoms with Crippen molar-refractivity contribution in [2.24, 2.45) is 0 Å². The third kappa shape index (κ3) is 4.13. The van der Waals surface area contributed by atoms with Crippen LogP contribution >= 0.6 is 11.8 Å². The van der Waals surface area contributed by atoms with Gasteiger partial charge < -0.3 is 4.79 Å². The van der Waals surface area contributed by atoms with Gasteiger partial charge in [0.2, 0.25) is 0 Å². The predicted molar refractivity (Wildman–Crippen MR) is 57.9 cm³/mol. The minimum absolute atomic E-state index is 0.428. The minimum atomic E-state index is 0.428. The largest absolute Gasteiger partial charge is 0.303 e. The maximum atomic E-state index is 10.2. The molecule has 1 atom stereocenters. The molecule has 1 unspecified atom stereocenters. The maximum absolute atomic E-state index is 10.2. The molecule has 1 rings (SSSR count). The molecule has 0 saturated carbocycles. The molecule has 2 heteroatoms. The number of aldehydes is 1. The second kappa shape index (κ2) is 5.81. The maximum Gasteiger partial charge on any atom is 0.121 e. The minimum Gasteiger partial charge on any atom is -0.303 e. The van der Waals surface area contributed by atoms with E-state index in [1.54, 1.807) is 0 Å². The van der Waals surface area contributed by atoms with Crippen LogP contribution in [-0.4, -0.2) is 11.5 Å². The summed E-state index contributed by atoms with van der Waals surface area (Å²) in [6.45, 7) is 2.09. The average molecular weight is 194 g/mol. The highest BCUT2D eigenvalue weighted by atomic mass is 32.2. The van der Waals surface area contributed by atoms with Crippen LogP contribution in [0.15, 0.2) is 30.3 Å². The summed E-state index contributed by atoms with van der Waals surface area (Å²) in [4.78, 5) is 10.2. The summed E-state index contributed by atoms with van der Waals surface area (Å²) in [7, 11) is 0. The van der Waals surface area contributed by atoms with Gasteiger partial charge in [-0.25, -0.2) is 0 Å². The molecular formula is C11H14OS. The van der Waals surface area contributed by atoms with E-state index < -0.39 is 0 Å². The molecule has 1 aromatic rings. The molecule has 0 radical (unpaired) electrons. The van der Waals surface area contributed by atoms with Gasteiger partial charge in [-0.3, -0.25) is 0 Å². The summed E-state index contributed by atoms with van der Waals surface area (Å²) >= 11 is 1.82. The topological polar surface area (TPSA) is 17.1 Å². The van der Waals surface area contributed by atoms with Crippen LogP contribution in [0.4, 0.5) is 0 Å². The highest BCUT2D eigenvalue weighted by molar-refractivity contribution is 7.99. The fraction of sp³-hybridized carbons (Fsp3) is 0.364. The molecule has 0 amide bonds. The quantitative estimate of drug-likeness (QED) is 0.670. The van der Waals surface area contributed by atoms with Crippen molar-refractivity contribution in [2.75, 3.05) is 0 Å². The predicted octanol–water partition coefficient (Wildman–Crippen LogP) is 2.90. The summed E-state index contributed by atoms with van der Waals surface area (Å²) in [6.07, 6.45) is 1.64. The highest BCUT2D eigenvalue weighted by Crippen LogP contribution is 2.18. The van der Waals surface area contributed by atoms with Crippen molar-refractivity contribution in [2.45, 2.75) is 24.3 Å². The van der Waals surface area contributed by atoms with Crippen LogP contribution in [0.3, 0.4) is 0 Å². The molecular weight excluding hydrogens is 180 g/mol. The lowest BCUT2D eigenvalue weighted by molar-refractivity contribution is -0.107. The number of thioether (sulfide) groups is 1. The van der Waals surface area contributed by atoms with E-state index in [9.17, 15) is 4.79 Å². The Morgan fingerprint density at radius 1 is 1.38 bits per heavy atom. The van der Waals surface area contributed by atoms with Crippen LogP contribution in [-0.2, 0) is 10.5 Å². The van der Waals surface area contributed by atoms with Gasteiger partial charge in [0.15, 0.2) is 0 Å². The molecule has 0 aliphatic rings. The second-order valence-corrected chi connectivity index (χ2v) is 4.44. The van der Waals surface area contributed by atoms with Crippen LogP contribution in [0, 0.1) is 0 Å². The molecule has 0 aliphatic carbocycles. The van der Waals surface area contributed by atoms with E-state index in [1.165, 1.54) is 5.56 Å². The zero-order valence-corrected chi connectivity index (χ0v) is 8.59. The smallest absolute Gasteiger partial charge is 0.121 e. The molecule has 13 heavy (non-hydrogen) atoms. The Kier molecular flexibility index (Phi) is 4.61. The van der Waals surface area contributed by atoms with Crippen molar-refractivity contribution < 1.29 is 4.79 Å². The van der Waals surface area contributed by atoms with Crippen molar-refractivity contribution in [1.82, 2.24) is 0 Å². The fourth-order valence-electron chi connectivity index (χ4n) is 1.02. The van der Waals surface area contributed by atoms with Gasteiger partial charge >= 0.3 is 0 Å².